The van der Waals surface area contributed by atoms with Crippen molar-refractivity contribution in [3.05, 3.63) is 97.7 Å². The summed E-state index contributed by atoms with van der Waals surface area (Å²) in [6, 6.07) is 25.9. The molecule has 0 aliphatic carbocycles. The van der Waals surface area contributed by atoms with E-state index < -0.39 is 0 Å². The molecule has 0 aliphatic rings. The normalized spacial score (nSPS) is 11.7. The summed E-state index contributed by atoms with van der Waals surface area (Å²) in [5, 5.41) is 8.43. The summed E-state index contributed by atoms with van der Waals surface area (Å²) in [7, 11) is 1.72. The van der Waals surface area contributed by atoms with Crippen LogP contribution in [0.3, 0.4) is 0 Å². The molecule has 0 saturated carbocycles. The van der Waals surface area contributed by atoms with Crippen LogP contribution in [-0.2, 0) is 0 Å². The largest absolute Gasteiger partial charge is 0.494 e. The van der Waals surface area contributed by atoms with Crippen molar-refractivity contribution >= 4 is 43.2 Å². The molecule has 0 fully saturated rings. The third-order valence-electron chi connectivity index (χ3n) is 6.76. The molecule has 7 aromatic rings. The van der Waals surface area contributed by atoms with E-state index in [4.69, 9.17) is 4.74 Å². The molecular weight excluding hydrogens is 418 g/mol. The van der Waals surface area contributed by atoms with E-state index in [0.717, 1.165) is 38.9 Å². The number of ether oxygens (including phenoxy) is 1. The highest BCUT2D eigenvalue weighted by atomic mass is 16.5. The fourth-order valence-corrected chi connectivity index (χ4v) is 5.26. The summed E-state index contributed by atoms with van der Waals surface area (Å²) >= 11 is 0. The van der Waals surface area contributed by atoms with Crippen LogP contribution in [0, 0.1) is 0 Å². The molecule has 0 saturated heterocycles. The highest BCUT2D eigenvalue weighted by molar-refractivity contribution is 6.27. The Bertz CT molecular complexity index is 1840. The van der Waals surface area contributed by atoms with Gasteiger partial charge in [0.15, 0.2) is 5.75 Å². The molecule has 2 aromatic heterocycles. The van der Waals surface area contributed by atoms with Crippen molar-refractivity contribution in [3.63, 3.8) is 0 Å². The number of fused-ring (bicyclic) bond motifs is 1. The maximum atomic E-state index is 5.90. The minimum atomic E-state index is 0.801. The fourth-order valence-electron chi connectivity index (χ4n) is 5.26. The lowest BCUT2D eigenvalue weighted by Gasteiger charge is -2.18. The molecule has 7 rings (SSSR count). The van der Waals surface area contributed by atoms with Gasteiger partial charge >= 0.3 is 0 Å². The summed E-state index contributed by atoms with van der Waals surface area (Å²) in [6.07, 6.45) is 7.13. The van der Waals surface area contributed by atoms with Crippen molar-refractivity contribution in [1.29, 1.82) is 0 Å². The zero-order valence-electron chi connectivity index (χ0n) is 18.5. The SMILES string of the molecule is COc1c(-c2ccc3ccc4c(-c5cncnc5)ccc5ccc2c3c54)ccc2cccnc12. The van der Waals surface area contributed by atoms with Gasteiger partial charge in [0, 0.05) is 35.1 Å². The Morgan fingerprint density at radius 1 is 0.618 bits per heavy atom. The van der Waals surface area contributed by atoms with Crippen molar-refractivity contribution in [3.8, 4) is 28.0 Å². The summed E-state index contributed by atoms with van der Waals surface area (Å²) in [4.78, 5) is 13.1. The Balaban J connectivity index is 1.59. The van der Waals surface area contributed by atoms with Crippen LogP contribution in [0.5, 0.6) is 5.75 Å². The summed E-state index contributed by atoms with van der Waals surface area (Å²) in [5.41, 5.74) is 5.21. The van der Waals surface area contributed by atoms with E-state index in [1.165, 1.54) is 32.3 Å². The highest BCUT2D eigenvalue weighted by Crippen LogP contribution is 2.44. The molecule has 0 radical (unpaired) electrons. The van der Waals surface area contributed by atoms with Gasteiger partial charge in [-0.15, -0.1) is 0 Å². The quantitative estimate of drug-likeness (QED) is 0.273. The van der Waals surface area contributed by atoms with Gasteiger partial charge in [-0.1, -0.05) is 60.7 Å². The lowest BCUT2D eigenvalue weighted by Crippen LogP contribution is -1.94. The van der Waals surface area contributed by atoms with Gasteiger partial charge in [-0.3, -0.25) is 4.98 Å². The second kappa shape index (κ2) is 7.22. The summed E-state index contributed by atoms with van der Waals surface area (Å²) < 4.78 is 5.90. The molecule has 4 heteroatoms. The molecular formula is C30H19N3O. The van der Waals surface area contributed by atoms with Crippen molar-refractivity contribution in [1.82, 2.24) is 15.0 Å². The predicted molar refractivity (Wildman–Crippen MR) is 138 cm³/mol. The average molecular weight is 438 g/mol. The van der Waals surface area contributed by atoms with Crippen LogP contribution in [0.1, 0.15) is 0 Å². The zero-order valence-corrected chi connectivity index (χ0v) is 18.5. The third-order valence-corrected chi connectivity index (χ3v) is 6.76. The number of rotatable bonds is 3. The summed E-state index contributed by atoms with van der Waals surface area (Å²) in [5.74, 6) is 0.801. The van der Waals surface area contributed by atoms with Gasteiger partial charge in [0.2, 0.25) is 0 Å². The van der Waals surface area contributed by atoms with E-state index in [9.17, 15) is 0 Å². The molecule has 0 spiro atoms. The van der Waals surface area contributed by atoms with Crippen molar-refractivity contribution in [2.45, 2.75) is 0 Å². The van der Waals surface area contributed by atoms with E-state index in [2.05, 4.69) is 81.7 Å². The summed E-state index contributed by atoms with van der Waals surface area (Å²) in [6.45, 7) is 0. The Labute approximate surface area is 195 Å². The lowest BCUT2D eigenvalue weighted by molar-refractivity contribution is 0.420. The Morgan fingerprint density at radius 3 is 1.97 bits per heavy atom. The van der Waals surface area contributed by atoms with Gasteiger partial charge in [0.25, 0.3) is 0 Å². The van der Waals surface area contributed by atoms with Crippen LogP contribution in [0.15, 0.2) is 97.7 Å². The molecule has 0 N–H and O–H groups in total. The van der Waals surface area contributed by atoms with E-state index >= 15 is 0 Å². The van der Waals surface area contributed by atoms with Crippen LogP contribution in [0.4, 0.5) is 0 Å². The Hall–Kier alpha value is -4.57. The van der Waals surface area contributed by atoms with Gasteiger partial charge in [0.1, 0.15) is 11.8 Å². The zero-order chi connectivity index (χ0) is 22.6. The molecule has 0 amide bonds. The van der Waals surface area contributed by atoms with Crippen LogP contribution >= 0.6 is 0 Å². The second-order valence-corrected chi connectivity index (χ2v) is 8.50. The lowest BCUT2D eigenvalue weighted by atomic mass is 9.87. The first-order chi connectivity index (χ1) is 16.8. The molecule has 0 aliphatic heterocycles. The molecule has 0 bridgehead atoms. The first-order valence-corrected chi connectivity index (χ1v) is 11.2. The predicted octanol–water partition coefficient (Wildman–Crippen LogP) is 7.26. The molecule has 0 atom stereocenters. The van der Waals surface area contributed by atoms with Crippen LogP contribution in [-0.4, -0.2) is 22.1 Å². The molecule has 4 nitrogen and oxygen atoms in total. The first kappa shape index (κ1) is 18.9. The molecule has 160 valence electrons. The smallest absolute Gasteiger partial charge is 0.152 e. The van der Waals surface area contributed by atoms with E-state index in [-0.39, 0.29) is 0 Å². The topological polar surface area (TPSA) is 47.9 Å². The minimum Gasteiger partial charge on any atom is -0.494 e. The van der Waals surface area contributed by atoms with E-state index in [1.54, 1.807) is 13.4 Å². The van der Waals surface area contributed by atoms with Crippen molar-refractivity contribution < 1.29 is 4.74 Å². The van der Waals surface area contributed by atoms with Gasteiger partial charge in [-0.25, -0.2) is 9.97 Å². The third kappa shape index (κ3) is 2.63. The standard InChI is InChI=1S/C30H19N3O/c1-34-30-26(13-8-20-3-2-14-33-29(20)30)23-10-5-19-6-11-24-22(21-15-31-17-32-16-21)9-4-18-7-12-25(23)28(19)27(18)24/h2-17H,1H3. The molecule has 0 unspecified atom stereocenters. The van der Waals surface area contributed by atoms with Gasteiger partial charge < -0.3 is 4.74 Å². The first-order valence-electron chi connectivity index (χ1n) is 11.2. The number of hydrogen-bond acceptors (Lipinski definition) is 4. The Morgan fingerprint density at radius 2 is 1.24 bits per heavy atom. The maximum Gasteiger partial charge on any atom is 0.152 e. The van der Waals surface area contributed by atoms with Gasteiger partial charge in [-0.05, 0) is 55.6 Å². The molecule has 34 heavy (non-hydrogen) atoms. The van der Waals surface area contributed by atoms with E-state index in [1.807, 2.05) is 24.7 Å². The Kier molecular flexibility index (Phi) is 4.02. The number of aromatic nitrogens is 3. The van der Waals surface area contributed by atoms with Crippen LogP contribution < -0.4 is 4.74 Å². The van der Waals surface area contributed by atoms with Crippen LogP contribution in [0.25, 0.3) is 65.5 Å². The number of methoxy groups -OCH3 is 1. The monoisotopic (exact) mass is 437 g/mol. The van der Waals surface area contributed by atoms with Crippen molar-refractivity contribution in [2.75, 3.05) is 7.11 Å². The van der Waals surface area contributed by atoms with Gasteiger partial charge in [-0.2, -0.15) is 0 Å². The van der Waals surface area contributed by atoms with Crippen molar-refractivity contribution in [2.24, 2.45) is 0 Å². The van der Waals surface area contributed by atoms with Crippen LogP contribution in [0.2, 0.25) is 0 Å². The number of hydrogen-bond donors (Lipinski definition) is 0. The maximum absolute atomic E-state index is 5.90. The average Bonchev–Trinajstić information content (AvgIpc) is 2.91. The number of nitrogens with zero attached hydrogens (tertiary/aromatic N) is 3. The van der Waals surface area contributed by atoms with Gasteiger partial charge in [0.05, 0.1) is 7.11 Å². The molecule has 2 heterocycles. The number of benzene rings is 5. The number of pyridine rings is 1. The minimum absolute atomic E-state index is 0.801. The highest BCUT2D eigenvalue weighted by Gasteiger charge is 2.18. The van der Waals surface area contributed by atoms with E-state index in [0.29, 0.717) is 0 Å². The fraction of sp³-hybridized carbons (Fsp3) is 0.0333. The second-order valence-electron chi connectivity index (χ2n) is 8.50. The molecule has 5 aromatic carbocycles.